The van der Waals surface area contributed by atoms with Crippen LogP contribution in [0, 0.1) is 20.2 Å². The van der Waals surface area contributed by atoms with Crippen molar-refractivity contribution in [3.05, 3.63) is 88.3 Å². The van der Waals surface area contributed by atoms with E-state index in [9.17, 15) is 20.2 Å². The van der Waals surface area contributed by atoms with E-state index in [1.165, 1.54) is 22.7 Å². The molecule has 0 amide bonds. The third-order valence-corrected chi connectivity index (χ3v) is 6.14. The summed E-state index contributed by atoms with van der Waals surface area (Å²) in [4.78, 5) is 23.5. The molecule has 1 N–H and O–H groups in total. The highest BCUT2D eigenvalue weighted by molar-refractivity contribution is 7.95. The van der Waals surface area contributed by atoms with E-state index >= 15 is 0 Å². The van der Waals surface area contributed by atoms with E-state index < -0.39 is 21.2 Å². The van der Waals surface area contributed by atoms with E-state index in [4.69, 9.17) is 0 Å². The number of fused-ring (bicyclic) bond motifs is 1. The number of allylic oxidation sites excluding steroid dienone is 1. The minimum atomic E-state index is -0.670. The second-order valence-corrected chi connectivity index (χ2v) is 7.60. The van der Waals surface area contributed by atoms with Gasteiger partial charge < -0.3 is 4.72 Å². The number of nitro groups is 2. The highest BCUT2D eigenvalue weighted by Gasteiger charge is 2.48. The molecule has 2 aliphatic heterocycles. The van der Waals surface area contributed by atoms with Gasteiger partial charge in [-0.15, -0.1) is 22.7 Å². The Labute approximate surface area is 153 Å². The van der Waals surface area contributed by atoms with E-state index in [1.807, 2.05) is 0 Å². The van der Waals surface area contributed by atoms with Gasteiger partial charge in [0.25, 0.3) is 0 Å². The summed E-state index contributed by atoms with van der Waals surface area (Å²) in [5.41, 5.74) is 0.0257. The van der Waals surface area contributed by atoms with Gasteiger partial charge in [0.1, 0.15) is 5.57 Å². The van der Waals surface area contributed by atoms with Crippen molar-refractivity contribution in [3.8, 4) is 0 Å². The lowest BCUT2D eigenvalue weighted by molar-refractivity contribution is -0.478. The molecule has 0 radical (unpaired) electrons. The van der Waals surface area contributed by atoms with E-state index in [0.717, 1.165) is 12.1 Å². The van der Waals surface area contributed by atoms with Gasteiger partial charge in [-0.1, -0.05) is 12.1 Å². The fraction of sp³-hybridized carbons (Fsp3) is 0. The highest BCUT2D eigenvalue weighted by Crippen LogP contribution is 2.49. The van der Waals surface area contributed by atoms with Gasteiger partial charge in [0, 0.05) is 11.1 Å². The van der Waals surface area contributed by atoms with Crippen molar-refractivity contribution in [1.82, 2.24) is 9.03 Å². The van der Waals surface area contributed by atoms with Crippen molar-refractivity contribution in [3.63, 3.8) is 0 Å². The number of thiophene rings is 2. The van der Waals surface area contributed by atoms with Crippen LogP contribution >= 0.6 is 34.8 Å². The van der Waals surface area contributed by atoms with E-state index in [-0.39, 0.29) is 11.3 Å². The van der Waals surface area contributed by atoms with Crippen LogP contribution in [0.3, 0.4) is 0 Å². The van der Waals surface area contributed by atoms with Crippen LogP contribution in [-0.2, 0) is 0 Å². The zero-order valence-electron chi connectivity index (χ0n) is 12.2. The first-order chi connectivity index (χ1) is 12.1. The topological polar surface area (TPSA) is 102 Å². The van der Waals surface area contributed by atoms with Gasteiger partial charge in [-0.25, -0.2) is 0 Å². The van der Waals surface area contributed by atoms with Crippen molar-refractivity contribution < 1.29 is 9.85 Å². The Balaban J connectivity index is 2.11. The van der Waals surface area contributed by atoms with Crippen LogP contribution in [0.2, 0.25) is 0 Å². The number of hydrogen-bond donors (Lipinski definition) is 1. The summed E-state index contributed by atoms with van der Waals surface area (Å²) in [5, 5.41) is 27.2. The molecule has 0 saturated carbocycles. The Morgan fingerprint density at radius 3 is 2.16 bits per heavy atom. The Kier molecular flexibility index (Phi) is 3.82. The zero-order valence-corrected chi connectivity index (χ0v) is 14.7. The van der Waals surface area contributed by atoms with E-state index in [1.54, 1.807) is 45.5 Å². The summed E-state index contributed by atoms with van der Waals surface area (Å²) in [5.74, 6) is 0. The third-order valence-electron chi connectivity index (χ3n) is 3.59. The van der Waals surface area contributed by atoms with Crippen molar-refractivity contribution in [2.45, 2.75) is 0 Å². The molecule has 0 aliphatic carbocycles. The van der Waals surface area contributed by atoms with Crippen LogP contribution < -0.4 is 4.72 Å². The smallest absolute Gasteiger partial charge is 0.316 e. The molecule has 2 aromatic heterocycles. The molecule has 0 spiro atoms. The van der Waals surface area contributed by atoms with Crippen LogP contribution in [-0.4, -0.2) is 14.2 Å². The molecule has 11 heteroatoms. The highest BCUT2D eigenvalue weighted by atomic mass is 32.2. The molecule has 0 saturated heterocycles. The van der Waals surface area contributed by atoms with Gasteiger partial charge in [0.05, 0.1) is 32.6 Å². The predicted octanol–water partition coefficient (Wildman–Crippen LogP) is 3.77. The molecule has 4 rings (SSSR count). The average Bonchev–Trinajstić information content (AvgIpc) is 3.32. The van der Waals surface area contributed by atoms with Gasteiger partial charge in [-0.3, -0.25) is 24.5 Å². The Morgan fingerprint density at radius 2 is 1.60 bits per heavy atom. The first kappa shape index (κ1) is 15.9. The van der Waals surface area contributed by atoms with E-state index in [2.05, 4.69) is 4.72 Å². The number of nitrogens with one attached hydrogen (secondary N) is 1. The summed E-state index contributed by atoms with van der Waals surface area (Å²) in [6.07, 6.45) is 1.63. The maximum Gasteiger partial charge on any atom is 0.372 e. The van der Waals surface area contributed by atoms with Gasteiger partial charge >= 0.3 is 11.4 Å². The Morgan fingerprint density at radius 1 is 0.960 bits per heavy atom. The Hall–Kier alpha value is -2.63. The molecule has 2 aromatic rings. The predicted molar refractivity (Wildman–Crippen MR) is 97.1 cm³/mol. The normalized spacial score (nSPS) is 16.6. The molecule has 0 bridgehead atoms. The van der Waals surface area contributed by atoms with Gasteiger partial charge in [-0.05, 0) is 22.9 Å². The van der Waals surface area contributed by atoms with Crippen LogP contribution in [0.5, 0.6) is 0 Å². The maximum absolute atomic E-state index is 11.8. The Bertz CT molecular complexity index is 960. The second kappa shape index (κ2) is 6.02. The lowest BCUT2D eigenvalue weighted by Gasteiger charge is -2.25. The van der Waals surface area contributed by atoms with Gasteiger partial charge in [-0.2, -0.15) is 0 Å². The summed E-state index contributed by atoms with van der Waals surface area (Å²) < 4.78 is 4.59. The molecule has 4 heterocycles. The third kappa shape index (κ3) is 2.44. The average molecular weight is 392 g/mol. The van der Waals surface area contributed by atoms with Crippen molar-refractivity contribution in [1.29, 1.82) is 0 Å². The van der Waals surface area contributed by atoms with Crippen molar-refractivity contribution in [2.75, 3.05) is 0 Å². The molecule has 126 valence electrons. The van der Waals surface area contributed by atoms with Crippen LogP contribution in [0.25, 0.3) is 11.3 Å². The molecule has 0 unspecified atom stereocenters. The molecule has 0 atom stereocenters. The minimum absolute atomic E-state index is 0.216. The second-order valence-electron chi connectivity index (χ2n) is 4.92. The van der Waals surface area contributed by atoms with Crippen LogP contribution in [0.4, 0.5) is 0 Å². The van der Waals surface area contributed by atoms with Crippen molar-refractivity contribution in [2.24, 2.45) is 0 Å². The maximum atomic E-state index is 11.8. The molecular weight excluding hydrogens is 384 g/mol. The molecule has 2 aliphatic rings. The van der Waals surface area contributed by atoms with Gasteiger partial charge in [0.15, 0.2) is 5.70 Å². The fourth-order valence-corrected chi connectivity index (χ4v) is 5.06. The molecular formula is C14H8N4O4S3. The monoisotopic (exact) mass is 392 g/mol. The lowest BCUT2D eigenvalue weighted by atomic mass is 10.0. The number of rotatable bonds is 4. The first-order valence-corrected chi connectivity index (χ1v) is 9.41. The standard InChI is InChI=1S/C14H8N4O4S3/c19-17(20)13-11(9-3-1-5-23-9)8-7-15-25-16(8)12(14(13)18(21)22)10-4-2-6-24-10/h1-7,15H. The van der Waals surface area contributed by atoms with Gasteiger partial charge in [0.2, 0.25) is 0 Å². The quantitative estimate of drug-likeness (QED) is 0.480. The van der Waals surface area contributed by atoms with E-state index in [0.29, 0.717) is 15.5 Å². The number of nitrogens with zero attached hydrogens (tertiary/aromatic N) is 3. The molecule has 0 fully saturated rings. The largest absolute Gasteiger partial charge is 0.372 e. The summed E-state index contributed by atoms with van der Waals surface area (Å²) in [6.45, 7) is 0. The summed E-state index contributed by atoms with van der Waals surface area (Å²) >= 11 is 3.75. The lowest BCUT2D eigenvalue weighted by Crippen LogP contribution is -2.26. The number of hydrogen-bond acceptors (Lipinski definition) is 9. The SMILES string of the molecule is O=[N+]([O-])C1=C(c2cccs2)C2=CNSN2C(c2cccs2)=C1[N+](=O)[O-]. The zero-order chi connectivity index (χ0) is 17.6. The summed E-state index contributed by atoms with van der Waals surface area (Å²) in [6, 6.07) is 6.95. The van der Waals surface area contributed by atoms with Crippen LogP contribution in [0.1, 0.15) is 9.75 Å². The molecule has 0 aromatic carbocycles. The van der Waals surface area contributed by atoms with Crippen LogP contribution in [0.15, 0.2) is 58.3 Å². The molecule has 8 nitrogen and oxygen atoms in total. The molecule has 25 heavy (non-hydrogen) atoms. The fourth-order valence-electron chi connectivity index (χ4n) is 2.68. The minimum Gasteiger partial charge on any atom is -0.316 e. The van der Waals surface area contributed by atoms with Crippen molar-refractivity contribution >= 4 is 46.1 Å². The summed E-state index contributed by atoms with van der Waals surface area (Å²) in [7, 11) is 0. The first-order valence-electron chi connectivity index (χ1n) is 6.88.